The minimum atomic E-state index is -3.59. The van der Waals surface area contributed by atoms with Crippen LogP contribution in [0.3, 0.4) is 0 Å². The third kappa shape index (κ3) is 4.62. The minimum Gasteiger partial charge on any atom is -0.481 e. The first kappa shape index (κ1) is 21.3. The van der Waals surface area contributed by atoms with Gasteiger partial charge >= 0.3 is 0 Å². The molecule has 156 valence electrons. The van der Waals surface area contributed by atoms with Crippen molar-refractivity contribution in [2.45, 2.75) is 38.7 Å². The Morgan fingerprint density at radius 3 is 2.07 bits per heavy atom. The molecule has 0 aromatic heterocycles. The summed E-state index contributed by atoms with van der Waals surface area (Å²) in [6.07, 6.45) is -0.623. The van der Waals surface area contributed by atoms with Crippen LogP contribution in [0.4, 0.5) is 0 Å². The highest BCUT2D eigenvalue weighted by atomic mass is 32.2. The molecule has 0 spiro atoms. The zero-order chi connectivity index (χ0) is 21.2. The third-order valence-electron chi connectivity index (χ3n) is 5.16. The molecule has 0 bridgehead atoms. The van der Waals surface area contributed by atoms with Crippen molar-refractivity contribution in [1.82, 2.24) is 9.21 Å². The van der Waals surface area contributed by atoms with Gasteiger partial charge in [-0.1, -0.05) is 35.9 Å². The number of aryl methyl sites for hydroxylation is 3. The number of ether oxygens (including phenoxy) is 1. The second-order valence-corrected chi connectivity index (χ2v) is 9.41. The summed E-state index contributed by atoms with van der Waals surface area (Å²) in [6.45, 7) is 8.59. The number of hydrogen-bond acceptors (Lipinski definition) is 4. The van der Waals surface area contributed by atoms with E-state index >= 15 is 0 Å². The molecular formula is C22H28N2O4S. The number of carbonyl (C=O) groups is 1. The van der Waals surface area contributed by atoms with Gasteiger partial charge in [0.1, 0.15) is 5.75 Å². The summed E-state index contributed by atoms with van der Waals surface area (Å²) in [7, 11) is -3.59. The maximum Gasteiger partial charge on any atom is 0.263 e. The molecule has 0 saturated carbocycles. The number of carbonyl (C=O) groups excluding carboxylic acids is 1. The standard InChI is InChI=1S/C22H28N2O4S/c1-16-14-17(2)21(18(3)15-16)29(26,27)24-12-10-23(11-13-24)22(25)19(4)28-20-8-6-5-7-9-20/h5-9,14-15,19H,10-13H2,1-4H3/t19-/m0/s1. The predicted octanol–water partition coefficient (Wildman–Crippen LogP) is 2.91. The van der Waals surface area contributed by atoms with E-state index in [1.54, 1.807) is 24.0 Å². The van der Waals surface area contributed by atoms with Crippen molar-refractivity contribution in [2.24, 2.45) is 0 Å². The molecule has 0 unspecified atom stereocenters. The highest BCUT2D eigenvalue weighted by Gasteiger charge is 2.33. The molecule has 0 N–H and O–H groups in total. The number of hydrogen-bond donors (Lipinski definition) is 0. The lowest BCUT2D eigenvalue weighted by Gasteiger charge is -2.35. The van der Waals surface area contributed by atoms with Gasteiger partial charge in [0.25, 0.3) is 5.91 Å². The Hall–Kier alpha value is -2.38. The Balaban J connectivity index is 1.66. The van der Waals surface area contributed by atoms with E-state index < -0.39 is 16.1 Å². The Kier molecular flexibility index (Phi) is 6.29. The van der Waals surface area contributed by atoms with Gasteiger partial charge in [0.05, 0.1) is 4.90 Å². The topological polar surface area (TPSA) is 66.9 Å². The van der Waals surface area contributed by atoms with Crippen molar-refractivity contribution in [3.05, 3.63) is 59.2 Å². The largest absolute Gasteiger partial charge is 0.481 e. The van der Waals surface area contributed by atoms with E-state index in [9.17, 15) is 13.2 Å². The quantitative estimate of drug-likeness (QED) is 0.752. The molecule has 6 nitrogen and oxygen atoms in total. The summed E-state index contributed by atoms with van der Waals surface area (Å²) < 4.78 is 33.6. The van der Waals surface area contributed by atoms with Gasteiger partial charge in [-0.3, -0.25) is 4.79 Å². The summed E-state index contributed by atoms with van der Waals surface area (Å²) in [6, 6.07) is 13.0. The van der Waals surface area contributed by atoms with Crippen molar-refractivity contribution in [3.8, 4) is 5.75 Å². The van der Waals surface area contributed by atoms with Crippen molar-refractivity contribution in [1.29, 1.82) is 0 Å². The predicted molar refractivity (Wildman–Crippen MR) is 113 cm³/mol. The van der Waals surface area contributed by atoms with Crippen LogP contribution in [0.5, 0.6) is 5.75 Å². The Labute approximate surface area is 173 Å². The van der Waals surface area contributed by atoms with E-state index in [0.717, 1.165) is 16.7 Å². The van der Waals surface area contributed by atoms with Crippen LogP contribution in [0.15, 0.2) is 47.4 Å². The van der Waals surface area contributed by atoms with Crippen LogP contribution in [0.2, 0.25) is 0 Å². The molecule has 1 aliphatic rings. The first-order valence-electron chi connectivity index (χ1n) is 9.78. The van der Waals surface area contributed by atoms with E-state index in [1.807, 2.05) is 51.1 Å². The molecule has 7 heteroatoms. The van der Waals surface area contributed by atoms with Crippen molar-refractivity contribution in [3.63, 3.8) is 0 Å². The number of sulfonamides is 1. The molecule has 0 aliphatic carbocycles. The van der Waals surface area contributed by atoms with Crippen molar-refractivity contribution < 1.29 is 17.9 Å². The molecule has 3 rings (SSSR count). The van der Waals surface area contributed by atoms with Gasteiger partial charge in [-0.25, -0.2) is 8.42 Å². The monoisotopic (exact) mass is 416 g/mol. The summed E-state index contributed by atoms with van der Waals surface area (Å²) in [5.41, 5.74) is 2.55. The fourth-order valence-electron chi connectivity index (χ4n) is 3.86. The maximum absolute atomic E-state index is 13.2. The van der Waals surface area contributed by atoms with Crippen LogP contribution < -0.4 is 4.74 Å². The molecule has 1 heterocycles. The normalized spacial score (nSPS) is 16.5. The number of piperazine rings is 1. The van der Waals surface area contributed by atoms with Gasteiger partial charge in [-0.15, -0.1) is 0 Å². The minimum absolute atomic E-state index is 0.131. The highest BCUT2D eigenvalue weighted by molar-refractivity contribution is 7.89. The lowest BCUT2D eigenvalue weighted by atomic mass is 10.1. The zero-order valence-electron chi connectivity index (χ0n) is 17.4. The van der Waals surface area contributed by atoms with Gasteiger partial charge in [0.2, 0.25) is 10.0 Å². The fraction of sp³-hybridized carbons (Fsp3) is 0.409. The molecule has 1 fully saturated rings. The van der Waals surface area contributed by atoms with Crippen LogP contribution in [-0.4, -0.2) is 55.8 Å². The lowest BCUT2D eigenvalue weighted by molar-refractivity contribution is -0.139. The third-order valence-corrected chi connectivity index (χ3v) is 7.36. The molecule has 1 amide bonds. The van der Waals surface area contributed by atoms with Gasteiger partial charge in [-0.05, 0) is 51.0 Å². The average Bonchev–Trinajstić information content (AvgIpc) is 2.67. The van der Waals surface area contributed by atoms with Gasteiger partial charge < -0.3 is 9.64 Å². The van der Waals surface area contributed by atoms with Crippen LogP contribution in [0.25, 0.3) is 0 Å². The summed E-state index contributed by atoms with van der Waals surface area (Å²) in [4.78, 5) is 14.8. The molecule has 1 saturated heterocycles. The number of para-hydroxylation sites is 1. The molecule has 1 aliphatic heterocycles. The smallest absolute Gasteiger partial charge is 0.263 e. The maximum atomic E-state index is 13.2. The second kappa shape index (κ2) is 8.55. The number of amides is 1. The molecule has 2 aromatic carbocycles. The second-order valence-electron chi connectivity index (χ2n) is 7.53. The summed E-state index contributed by atoms with van der Waals surface area (Å²) in [5, 5.41) is 0. The van der Waals surface area contributed by atoms with Gasteiger partial charge in [-0.2, -0.15) is 4.31 Å². The molecular weight excluding hydrogens is 388 g/mol. The number of benzene rings is 2. The first-order valence-corrected chi connectivity index (χ1v) is 11.2. The van der Waals surface area contributed by atoms with Gasteiger partial charge in [0.15, 0.2) is 6.10 Å². The fourth-order valence-corrected chi connectivity index (χ4v) is 5.70. The number of rotatable bonds is 5. The number of nitrogens with zero attached hydrogens (tertiary/aromatic N) is 2. The van der Waals surface area contributed by atoms with Gasteiger partial charge in [0, 0.05) is 26.2 Å². The van der Waals surface area contributed by atoms with Crippen LogP contribution in [-0.2, 0) is 14.8 Å². The summed E-state index contributed by atoms with van der Waals surface area (Å²) in [5.74, 6) is 0.508. The van der Waals surface area contributed by atoms with Crippen LogP contribution >= 0.6 is 0 Å². The Bertz CT molecular complexity index is 958. The Morgan fingerprint density at radius 1 is 0.966 bits per heavy atom. The molecule has 29 heavy (non-hydrogen) atoms. The average molecular weight is 417 g/mol. The van der Waals surface area contributed by atoms with Crippen LogP contribution in [0, 0.1) is 20.8 Å². The van der Waals surface area contributed by atoms with E-state index in [2.05, 4.69) is 0 Å². The van der Waals surface area contributed by atoms with Crippen molar-refractivity contribution in [2.75, 3.05) is 26.2 Å². The van der Waals surface area contributed by atoms with Crippen LogP contribution in [0.1, 0.15) is 23.6 Å². The first-order chi connectivity index (χ1) is 13.7. The van der Waals surface area contributed by atoms with E-state index in [4.69, 9.17) is 4.74 Å². The SMILES string of the molecule is Cc1cc(C)c(S(=O)(=O)N2CCN(C(=O)[C@H](C)Oc3ccccc3)CC2)c(C)c1. The van der Waals surface area contributed by atoms with E-state index in [1.165, 1.54) is 4.31 Å². The molecule has 2 aromatic rings. The summed E-state index contributed by atoms with van der Waals surface area (Å²) >= 11 is 0. The van der Waals surface area contributed by atoms with E-state index in [-0.39, 0.29) is 19.0 Å². The lowest BCUT2D eigenvalue weighted by Crippen LogP contribution is -2.53. The molecule has 0 radical (unpaired) electrons. The zero-order valence-corrected chi connectivity index (χ0v) is 18.2. The Morgan fingerprint density at radius 2 is 1.52 bits per heavy atom. The van der Waals surface area contributed by atoms with Crippen molar-refractivity contribution >= 4 is 15.9 Å². The highest BCUT2D eigenvalue weighted by Crippen LogP contribution is 2.26. The van der Waals surface area contributed by atoms with E-state index in [0.29, 0.717) is 23.7 Å². The molecule has 1 atom stereocenters.